The van der Waals surface area contributed by atoms with Gasteiger partial charge in [0.05, 0.1) is 0 Å². The van der Waals surface area contributed by atoms with E-state index in [2.05, 4.69) is 42.1 Å². The van der Waals surface area contributed by atoms with Gasteiger partial charge < -0.3 is 4.85 Å². The summed E-state index contributed by atoms with van der Waals surface area (Å²) in [6.45, 7) is 5.99. The van der Waals surface area contributed by atoms with Crippen molar-refractivity contribution in [1.82, 2.24) is 0 Å². The van der Waals surface area contributed by atoms with Gasteiger partial charge in [0.25, 0.3) is 6.54 Å². The molecule has 0 spiro atoms. The molecule has 0 radical (unpaired) electrons. The third-order valence-electron chi connectivity index (χ3n) is 0.150. The van der Waals surface area contributed by atoms with Crippen molar-refractivity contribution in [3.63, 3.8) is 0 Å². The fourth-order valence-corrected chi connectivity index (χ4v) is 0.0354. The van der Waals surface area contributed by atoms with Gasteiger partial charge in [-0.15, -0.1) is 0 Å². The summed E-state index contributed by atoms with van der Waals surface area (Å²) in [5.41, 5.74) is 0. The van der Waals surface area contributed by atoms with E-state index in [-0.39, 0.29) is 21.4 Å². The van der Waals surface area contributed by atoms with Crippen LogP contribution in [0.1, 0.15) is 14.9 Å². The topological polar surface area (TPSA) is 28.1 Å². The van der Waals surface area contributed by atoms with Gasteiger partial charge in [0.1, 0.15) is 6.07 Å². The molecule has 0 aliphatic carbocycles. The molecule has 2 nitrogen and oxygen atoms in total. The minimum absolute atomic E-state index is 0. The Morgan fingerprint density at radius 1 is 1.44 bits per heavy atom. The van der Waals surface area contributed by atoms with Crippen molar-refractivity contribution in [2.45, 2.75) is 14.9 Å². The average Bonchev–Trinajstić information content (AvgIpc) is 1.75. The molecular formula is C5H10I2N2. The molecule has 0 unspecified atom stereocenters. The Hall–Kier alpha value is 0.440. The van der Waals surface area contributed by atoms with E-state index in [1.54, 1.807) is 6.07 Å². The summed E-state index contributed by atoms with van der Waals surface area (Å²) in [6, 6.07) is 1.66. The van der Waals surface area contributed by atoms with Crippen LogP contribution in [-0.2, 0) is 0 Å². The van der Waals surface area contributed by atoms with Gasteiger partial charge in [0.2, 0.25) is 0 Å². The molecule has 4 heteroatoms. The highest BCUT2D eigenvalue weighted by molar-refractivity contribution is 15.0. The zero-order valence-electron chi connectivity index (χ0n) is 3.36. The number of halogens is 2. The Balaban J connectivity index is -0.0000000286. The molecule has 0 aliphatic heterocycles. The van der Waals surface area contributed by atoms with Crippen LogP contribution in [0.2, 0.25) is 0 Å². The fraction of sp³-hybridized carbons (Fsp3) is 0.600. The normalized spacial score (nSPS) is 3.11. The van der Waals surface area contributed by atoms with Crippen LogP contribution in [0.4, 0.5) is 0 Å². The van der Waals surface area contributed by atoms with Gasteiger partial charge in [-0.2, -0.15) is 5.26 Å². The van der Waals surface area contributed by atoms with Crippen molar-refractivity contribution >= 4 is 37.2 Å². The molecule has 0 aliphatic rings. The van der Waals surface area contributed by atoms with Crippen molar-refractivity contribution in [3.05, 3.63) is 11.4 Å². The predicted molar refractivity (Wildman–Crippen MR) is 58.6 cm³/mol. The monoisotopic (exact) mass is 352 g/mol. The second-order valence-corrected chi connectivity index (χ2v) is 0.474. The fourth-order valence-electron chi connectivity index (χ4n) is 0.0354. The van der Waals surface area contributed by atoms with E-state index < -0.39 is 0 Å². The molecule has 0 bridgehead atoms. The lowest BCUT2D eigenvalue weighted by molar-refractivity contribution is 1.43. The lowest BCUT2D eigenvalue weighted by atomic mass is 10.8. The Bertz CT molecular complexity index is 78.1. The van der Waals surface area contributed by atoms with Crippen LogP contribution in [-0.4, -0.2) is 6.54 Å². The first-order chi connectivity index (χ1) is 3.41. The maximum atomic E-state index is 7.60. The molecule has 9 heavy (non-hydrogen) atoms. The standard InChI is InChI=1S/C3H2N2.2CH4.I2/c1-5-3-2-4;;;1-2/h3H2;2*1H4;. The van der Waals surface area contributed by atoms with Crippen molar-refractivity contribution in [2.24, 2.45) is 0 Å². The van der Waals surface area contributed by atoms with Gasteiger partial charge in [-0.05, 0) is 0 Å². The van der Waals surface area contributed by atoms with Crippen LogP contribution >= 0.6 is 37.2 Å². The van der Waals surface area contributed by atoms with Gasteiger partial charge in [-0.1, -0.05) is 14.9 Å². The number of rotatable bonds is 0. The summed E-state index contributed by atoms with van der Waals surface area (Å²) < 4.78 is 0. The molecule has 0 amide bonds. The lowest BCUT2D eigenvalue weighted by Gasteiger charge is -1.49. The van der Waals surface area contributed by atoms with E-state index >= 15 is 0 Å². The highest BCUT2D eigenvalue weighted by atomic mass is 128. The predicted octanol–water partition coefficient (Wildman–Crippen LogP) is 3.47. The zero-order chi connectivity index (χ0) is 6.12. The Labute approximate surface area is 80.8 Å². The van der Waals surface area contributed by atoms with Crippen LogP contribution < -0.4 is 0 Å². The van der Waals surface area contributed by atoms with Crippen LogP contribution in [0.5, 0.6) is 0 Å². The van der Waals surface area contributed by atoms with E-state index in [4.69, 9.17) is 11.8 Å². The molecule has 54 valence electrons. The SMILES string of the molecule is C.C.II.[C-]#[N+]CC#N. The molecule has 0 heterocycles. The van der Waals surface area contributed by atoms with Gasteiger partial charge in [-0.3, -0.25) is 0 Å². The van der Waals surface area contributed by atoms with Crippen molar-refractivity contribution in [3.8, 4) is 6.07 Å². The van der Waals surface area contributed by atoms with Crippen LogP contribution in [0.3, 0.4) is 0 Å². The first-order valence-corrected chi connectivity index (χ1v) is 7.55. The zero-order valence-corrected chi connectivity index (χ0v) is 7.67. The third kappa shape index (κ3) is 58.8. The summed E-state index contributed by atoms with van der Waals surface area (Å²) >= 11 is 4.24. The van der Waals surface area contributed by atoms with Gasteiger partial charge in [0, 0.05) is 37.2 Å². The molecule has 0 saturated carbocycles. The minimum atomic E-state index is -0.0139. The molecule has 0 atom stereocenters. The number of hydrogen-bond acceptors (Lipinski definition) is 1. The van der Waals surface area contributed by atoms with Crippen LogP contribution in [0, 0.1) is 17.9 Å². The molecule has 0 saturated heterocycles. The molecule has 0 aromatic heterocycles. The Morgan fingerprint density at radius 3 is 1.78 bits per heavy atom. The van der Waals surface area contributed by atoms with Crippen molar-refractivity contribution in [1.29, 1.82) is 5.26 Å². The number of hydrogen-bond donors (Lipinski definition) is 0. The van der Waals surface area contributed by atoms with Crippen molar-refractivity contribution in [2.75, 3.05) is 6.54 Å². The average molecular weight is 352 g/mol. The highest BCUT2D eigenvalue weighted by Crippen LogP contribution is 1.89. The number of nitrogens with zero attached hydrogens (tertiary/aromatic N) is 2. The Morgan fingerprint density at radius 2 is 1.78 bits per heavy atom. The maximum absolute atomic E-state index is 7.60. The molecular weight excluding hydrogens is 342 g/mol. The summed E-state index contributed by atoms with van der Waals surface area (Å²) in [7, 11) is 0. The highest BCUT2D eigenvalue weighted by Gasteiger charge is 1.64. The summed E-state index contributed by atoms with van der Waals surface area (Å²) in [6.07, 6.45) is 0. The smallest absolute Gasteiger partial charge is 0.298 e. The summed E-state index contributed by atoms with van der Waals surface area (Å²) in [5.74, 6) is 0. The quantitative estimate of drug-likeness (QED) is 0.373. The molecule has 0 rings (SSSR count). The maximum Gasteiger partial charge on any atom is 0.298 e. The Kier molecular flexibility index (Phi) is 99.7. The van der Waals surface area contributed by atoms with E-state index in [0.29, 0.717) is 0 Å². The van der Waals surface area contributed by atoms with Gasteiger partial charge in [-0.25, -0.2) is 6.57 Å². The van der Waals surface area contributed by atoms with Crippen LogP contribution in [0.25, 0.3) is 4.85 Å². The van der Waals surface area contributed by atoms with Crippen molar-refractivity contribution < 1.29 is 0 Å². The molecule has 0 aromatic carbocycles. The molecule has 0 fully saturated rings. The minimum Gasteiger partial charge on any atom is -0.301 e. The van der Waals surface area contributed by atoms with E-state index in [1.165, 1.54) is 0 Å². The first kappa shape index (κ1) is 22.7. The summed E-state index contributed by atoms with van der Waals surface area (Å²) in [4.78, 5) is 2.74. The second-order valence-electron chi connectivity index (χ2n) is 0.474. The molecule has 0 N–H and O–H groups in total. The first-order valence-electron chi connectivity index (χ1n) is 1.26. The largest absolute Gasteiger partial charge is 0.301 e. The lowest BCUT2D eigenvalue weighted by Crippen LogP contribution is -1.56. The van der Waals surface area contributed by atoms with E-state index in [0.717, 1.165) is 0 Å². The van der Waals surface area contributed by atoms with Gasteiger partial charge >= 0.3 is 0 Å². The van der Waals surface area contributed by atoms with E-state index in [9.17, 15) is 0 Å². The van der Waals surface area contributed by atoms with E-state index in [1.807, 2.05) is 0 Å². The number of nitriles is 1. The molecule has 0 aromatic rings. The summed E-state index contributed by atoms with van der Waals surface area (Å²) in [5, 5.41) is 7.60. The van der Waals surface area contributed by atoms with Gasteiger partial charge in [0.15, 0.2) is 0 Å². The second kappa shape index (κ2) is 39.5. The van der Waals surface area contributed by atoms with Crippen LogP contribution in [0.15, 0.2) is 0 Å². The third-order valence-corrected chi connectivity index (χ3v) is 0.150.